The summed E-state index contributed by atoms with van der Waals surface area (Å²) in [7, 11) is 0. The van der Waals surface area contributed by atoms with Gasteiger partial charge in [0.25, 0.3) is 5.91 Å². The summed E-state index contributed by atoms with van der Waals surface area (Å²) in [6.45, 7) is 0.585. The molecule has 1 aliphatic rings. The maximum absolute atomic E-state index is 13.0. The Labute approximate surface area is 143 Å². The fourth-order valence-electron chi connectivity index (χ4n) is 2.88. The Hall–Kier alpha value is -2.54. The molecular formula is C18H17F3N2O2. The SMILES string of the molecule is NCCC1COc2ccccc2N1C(=O)c1cccc(C(F)(F)F)c1. The number of carbonyl (C=O) groups excluding carboxylic acids is 1. The molecule has 1 aliphatic heterocycles. The van der Waals surface area contributed by atoms with E-state index in [-0.39, 0.29) is 18.2 Å². The number of anilines is 1. The Morgan fingerprint density at radius 1 is 1.20 bits per heavy atom. The van der Waals surface area contributed by atoms with Gasteiger partial charge in [0.2, 0.25) is 0 Å². The number of halogens is 3. The second kappa shape index (κ2) is 6.76. The van der Waals surface area contributed by atoms with E-state index in [4.69, 9.17) is 10.5 Å². The molecule has 2 aromatic carbocycles. The number of nitrogens with zero attached hydrogens (tertiary/aromatic N) is 1. The van der Waals surface area contributed by atoms with Crippen LogP contribution in [0.3, 0.4) is 0 Å². The maximum atomic E-state index is 13.0. The van der Waals surface area contributed by atoms with Crippen LogP contribution in [0.25, 0.3) is 0 Å². The number of fused-ring (bicyclic) bond motifs is 1. The van der Waals surface area contributed by atoms with E-state index in [0.29, 0.717) is 24.4 Å². The van der Waals surface area contributed by atoms with Crippen LogP contribution in [0, 0.1) is 0 Å². The van der Waals surface area contributed by atoms with Gasteiger partial charge in [-0.15, -0.1) is 0 Å². The van der Waals surface area contributed by atoms with Gasteiger partial charge in [0.1, 0.15) is 12.4 Å². The van der Waals surface area contributed by atoms with Crippen LogP contribution in [0.5, 0.6) is 5.75 Å². The van der Waals surface area contributed by atoms with Crippen molar-refractivity contribution < 1.29 is 22.7 Å². The van der Waals surface area contributed by atoms with E-state index in [0.717, 1.165) is 12.1 Å². The average Bonchev–Trinajstić information content (AvgIpc) is 2.60. The van der Waals surface area contributed by atoms with Gasteiger partial charge in [0.15, 0.2) is 0 Å². The third-order valence-corrected chi connectivity index (χ3v) is 4.08. The van der Waals surface area contributed by atoms with Crippen molar-refractivity contribution in [3.8, 4) is 5.75 Å². The van der Waals surface area contributed by atoms with Crippen LogP contribution < -0.4 is 15.4 Å². The number of para-hydroxylation sites is 2. The molecule has 0 aromatic heterocycles. The van der Waals surface area contributed by atoms with Crippen molar-refractivity contribution in [1.29, 1.82) is 0 Å². The third kappa shape index (κ3) is 3.46. The Balaban J connectivity index is 2.01. The molecule has 0 radical (unpaired) electrons. The molecule has 3 rings (SSSR count). The highest BCUT2D eigenvalue weighted by Crippen LogP contribution is 2.36. The fraction of sp³-hybridized carbons (Fsp3) is 0.278. The quantitative estimate of drug-likeness (QED) is 0.922. The van der Waals surface area contributed by atoms with Gasteiger partial charge in [-0.25, -0.2) is 0 Å². The third-order valence-electron chi connectivity index (χ3n) is 4.08. The van der Waals surface area contributed by atoms with Gasteiger partial charge in [-0.05, 0) is 43.3 Å². The summed E-state index contributed by atoms with van der Waals surface area (Å²) in [6.07, 6.45) is -4.02. The van der Waals surface area contributed by atoms with Crippen molar-refractivity contribution in [3.05, 3.63) is 59.7 Å². The Bertz CT molecular complexity index is 777. The number of hydrogen-bond donors (Lipinski definition) is 1. The molecule has 0 fully saturated rings. The molecule has 1 unspecified atom stereocenters. The van der Waals surface area contributed by atoms with Gasteiger partial charge < -0.3 is 10.5 Å². The monoisotopic (exact) mass is 350 g/mol. The first-order chi connectivity index (χ1) is 11.9. The van der Waals surface area contributed by atoms with Gasteiger partial charge in [-0.3, -0.25) is 9.69 Å². The van der Waals surface area contributed by atoms with Crippen LogP contribution in [-0.4, -0.2) is 25.1 Å². The first-order valence-corrected chi connectivity index (χ1v) is 7.84. The van der Waals surface area contributed by atoms with Gasteiger partial charge >= 0.3 is 6.18 Å². The smallest absolute Gasteiger partial charge is 0.416 e. The predicted octanol–water partition coefficient (Wildman–Crippen LogP) is 3.46. The summed E-state index contributed by atoms with van der Waals surface area (Å²) < 4.78 is 44.5. The lowest BCUT2D eigenvalue weighted by Gasteiger charge is -2.37. The molecule has 4 nitrogen and oxygen atoms in total. The zero-order valence-corrected chi connectivity index (χ0v) is 13.3. The average molecular weight is 350 g/mol. The topological polar surface area (TPSA) is 55.6 Å². The lowest BCUT2D eigenvalue weighted by molar-refractivity contribution is -0.137. The van der Waals surface area contributed by atoms with E-state index in [1.54, 1.807) is 24.3 Å². The summed E-state index contributed by atoms with van der Waals surface area (Å²) in [6, 6.07) is 11.1. The van der Waals surface area contributed by atoms with Crippen LogP contribution >= 0.6 is 0 Å². The Kier molecular flexibility index (Phi) is 4.67. The van der Waals surface area contributed by atoms with E-state index in [9.17, 15) is 18.0 Å². The summed E-state index contributed by atoms with van der Waals surface area (Å²) in [5.41, 5.74) is 5.28. The minimum atomic E-state index is -4.50. The molecule has 2 aromatic rings. The highest BCUT2D eigenvalue weighted by atomic mass is 19.4. The number of rotatable bonds is 3. The standard InChI is InChI=1S/C18H17F3N2O2/c19-18(20,21)13-5-3-4-12(10-13)17(24)23-14(8-9-22)11-25-16-7-2-1-6-15(16)23/h1-7,10,14H,8-9,11,22H2. The first kappa shape index (κ1) is 17.3. The van der Waals surface area contributed by atoms with Crippen molar-refractivity contribution in [1.82, 2.24) is 0 Å². The van der Waals surface area contributed by atoms with Crippen molar-refractivity contribution in [2.24, 2.45) is 5.73 Å². The van der Waals surface area contributed by atoms with Gasteiger partial charge in [0, 0.05) is 5.56 Å². The van der Waals surface area contributed by atoms with Crippen LogP contribution in [-0.2, 0) is 6.18 Å². The van der Waals surface area contributed by atoms with Gasteiger partial charge in [-0.1, -0.05) is 18.2 Å². The lowest BCUT2D eigenvalue weighted by Crippen LogP contribution is -2.47. The molecule has 0 saturated carbocycles. The molecule has 1 heterocycles. The van der Waals surface area contributed by atoms with Crippen LogP contribution in [0.4, 0.5) is 18.9 Å². The second-order valence-electron chi connectivity index (χ2n) is 5.76. The van der Waals surface area contributed by atoms with Crippen LogP contribution in [0.15, 0.2) is 48.5 Å². The highest BCUT2D eigenvalue weighted by molar-refractivity contribution is 6.07. The summed E-state index contributed by atoms with van der Waals surface area (Å²) in [5, 5.41) is 0. The molecule has 7 heteroatoms. The normalized spacial score (nSPS) is 17.0. The zero-order chi connectivity index (χ0) is 18.0. The second-order valence-corrected chi connectivity index (χ2v) is 5.76. The largest absolute Gasteiger partial charge is 0.489 e. The van der Waals surface area contributed by atoms with Crippen LogP contribution in [0.2, 0.25) is 0 Å². The molecule has 0 spiro atoms. The maximum Gasteiger partial charge on any atom is 0.416 e. The van der Waals surface area contributed by atoms with Crippen molar-refractivity contribution in [2.45, 2.75) is 18.6 Å². The first-order valence-electron chi connectivity index (χ1n) is 7.84. The number of carbonyl (C=O) groups is 1. The van der Waals surface area contributed by atoms with E-state index >= 15 is 0 Å². The van der Waals surface area contributed by atoms with Gasteiger partial charge in [-0.2, -0.15) is 13.2 Å². The summed E-state index contributed by atoms with van der Waals surface area (Å²) in [4.78, 5) is 14.5. The number of amides is 1. The molecule has 1 amide bonds. The predicted molar refractivity (Wildman–Crippen MR) is 87.6 cm³/mol. The zero-order valence-electron chi connectivity index (χ0n) is 13.3. The highest BCUT2D eigenvalue weighted by Gasteiger charge is 2.34. The Morgan fingerprint density at radius 3 is 2.68 bits per heavy atom. The minimum absolute atomic E-state index is 0.0199. The molecule has 0 saturated heterocycles. The Morgan fingerprint density at radius 2 is 1.96 bits per heavy atom. The number of nitrogens with two attached hydrogens (primary N) is 1. The fourth-order valence-corrected chi connectivity index (χ4v) is 2.88. The molecule has 0 aliphatic carbocycles. The molecule has 25 heavy (non-hydrogen) atoms. The molecular weight excluding hydrogens is 333 g/mol. The number of ether oxygens (including phenoxy) is 1. The van der Waals surface area contributed by atoms with Crippen molar-refractivity contribution in [3.63, 3.8) is 0 Å². The van der Waals surface area contributed by atoms with Gasteiger partial charge in [0.05, 0.1) is 17.3 Å². The molecule has 1 atom stereocenters. The van der Waals surface area contributed by atoms with E-state index in [2.05, 4.69) is 0 Å². The van der Waals surface area contributed by atoms with E-state index < -0.39 is 17.6 Å². The minimum Gasteiger partial charge on any atom is -0.489 e. The van der Waals surface area contributed by atoms with E-state index in [1.807, 2.05) is 0 Å². The summed E-state index contributed by atoms with van der Waals surface area (Å²) in [5.74, 6) is 0.0244. The summed E-state index contributed by atoms with van der Waals surface area (Å²) >= 11 is 0. The molecule has 132 valence electrons. The number of hydrogen-bond acceptors (Lipinski definition) is 3. The number of alkyl halides is 3. The lowest BCUT2D eigenvalue weighted by atomic mass is 10.0. The molecule has 0 bridgehead atoms. The van der Waals surface area contributed by atoms with Crippen molar-refractivity contribution in [2.75, 3.05) is 18.1 Å². The van der Waals surface area contributed by atoms with E-state index in [1.165, 1.54) is 17.0 Å². The van der Waals surface area contributed by atoms with Crippen LogP contribution in [0.1, 0.15) is 22.3 Å². The van der Waals surface area contributed by atoms with Crippen molar-refractivity contribution >= 4 is 11.6 Å². The molecule has 2 N–H and O–H groups in total. The number of benzene rings is 2.